The van der Waals surface area contributed by atoms with E-state index in [1.807, 2.05) is 6.92 Å². The standard InChI is InChI=1S/C21H21NO6/c1-3-27-18-7-5-4-6-17(18)22-19(23)14-28-20(24)13-10-15-8-11-16(12-9-15)21(25)26-2/h4-13H,3,14H2,1-2H3,(H,22,23)/b13-10+. The molecule has 0 aliphatic carbocycles. The van der Waals surface area contributed by atoms with E-state index in [1.54, 1.807) is 48.5 Å². The number of ether oxygens (including phenoxy) is 3. The first-order chi connectivity index (χ1) is 13.5. The van der Waals surface area contributed by atoms with Crippen molar-refractivity contribution in [2.24, 2.45) is 0 Å². The highest BCUT2D eigenvalue weighted by Crippen LogP contribution is 2.23. The molecule has 0 aromatic heterocycles. The average molecular weight is 383 g/mol. The predicted molar refractivity (Wildman–Crippen MR) is 104 cm³/mol. The second kappa shape index (κ2) is 10.5. The van der Waals surface area contributed by atoms with Gasteiger partial charge in [-0.2, -0.15) is 0 Å². The smallest absolute Gasteiger partial charge is 0.337 e. The van der Waals surface area contributed by atoms with Crippen LogP contribution < -0.4 is 10.1 Å². The van der Waals surface area contributed by atoms with Crippen molar-refractivity contribution >= 4 is 29.6 Å². The number of carbonyl (C=O) groups is 3. The lowest BCUT2D eigenvalue weighted by atomic mass is 10.1. The molecule has 7 heteroatoms. The van der Waals surface area contributed by atoms with Gasteiger partial charge >= 0.3 is 11.9 Å². The van der Waals surface area contributed by atoms with Crippen LogP contribution in [0.15, 0.2) is 54.6 Å². The number of methoxy groups -OCH3 is 1. The van der Waals surface area contributed by atoms with Gasteiger partial charge in [0.1, 0.15) is 5.75 Å². The van der Waals surface area contributed by atoms with E-state index in [2.05, 4.69) is 10.1 Å². The number of nitrogens with one attached hydrogen (secondary N) is 1. The first-order valence-corrected chi connectivity index (χ1v) is 8.58. The van der Waals surface area contributed by atoms with Crippen molar-refractivity contribution in [2.75, 3.05) is 25.6 Å². The molecule has 0 saturated heterocycles. The summed E-state index contributed by atoms with van der Waals surface area (Å²) in [6.45, 7) is 1.88. The van der Waals surface area contributed by atoms with Crippen molar-refractivity contribution in [1.29, 1.82) is 0 Å². The molecule has 0 bridgehead atoms. The van der Waals surface area contributed by atoms with Gasteiger partial charge in [-0.05, 0) is 42.8 Å². The van der Waals surface area contributed by atoms with Crippen molar-refractivity contribution < 1.29 is 28.6 Å². The number of hydrogen-bond donors (Lipinski definition) is 1. The van der Waals surface area contributed by atoms with Gasteiger partial charge in [0, 0.05) is 6.08 Å². The highest BCUT2D eigenvalue weighted by atomic mass is 16.5. The molecule has 0 heterocycles. The first kappa shape index (κ1) is 20.7. The molecule has 1 amide bonds. The minimum Gasteiger partial charge on any atom is -0.492 e. The van der Waals surface area contributed by atoms with Crippen LogP contribution in [0, 0.1) is 0 Å². The molecule has 2 aromatic carbocycles. The molecule has 0 fully saturated rings. The van der Waals surface area contributed by atoms with Crippen LogP contribution in [0.25, 0.3) is 6.08 Å². The Bertz CT molecular complexity index is 857. The lowest BCUT2D eigenvalue weighted by Gasteiger charge is -2.11. The van der Waals surface area contributed by atoms with Crippen molar-refractivity contribution in [1.82, 2.24) is 0 Å². The number of benzene rings is 2. The fourth-order valence-electron chi connectivity index (χ4n) is 2.23. The second-order valence-electron chi connectivity index (χ2n) is 5.53. The summed E-state index contributed by atoms with van der Waals surface area (Å²) in [6.07, 6.45) is 2.72. The zero-order valence-corrected chi connectivity index (χ0v) is 15.6. The zero-order valence-electron chi connectivity index (χ0n) is 15.6. The molecular weight excluding hydrogens is 362 g/mol. The molecule has 146 valence electrons. The topological polar surface area (TPSA) is 90.9 Å². The monoisotopic (exact) mass is 383 g/mol. The molecule has 0 unspecified atom stereocenters. The minimum atomic E-state index is -0.662. The summed E-state index contributed by atoms with van der Waals surface area (Å²) in [6, 6.07) is 13.5. The summed E-state index contributed by atoms with van der Waals surface area (Å²) < 4.78 is 15.0. The van der Waals surface area contributed by atoms with Gasteiger partial charge in [-0.3, -0.25) is 4.79 Å². The highest BCUT2D eigenvalue weighted by Gasteiger charge is 2.09. The van der Waals surface area contributed by atoms with Crippen LogP contribution in [0.5, 0.6) is 5.75 Å². The quantitative estimate of drug-likeness (QED) is 0.556. The fraction of sp³-hybridized carbons (Fsp3) is 0.190. The zero-order chi connectivity index (χ0) is 20.4. The summed E-state index contributed by atoms with van der Waals surface area (Å²) in [7, 11) is 1.30. The maximum Gasteiger partial charge on any atom is 0.337 e. The number of rotatable bonds is 8. The first-order valence-electron chi connectivity index (χ1n) is 8.58. The predicted octanol–water partition coefficient (Wildman–Crippen LogP) is 3.07. The maximum absolute atomic E-state index is 12.0. The third kappa shape index (κ3) is 6.28. The molecule has 0 radical (unpaired) electrons. The van der Waals surface area contributed by atoms with Crippen LogP contribution in [-0.2, 0) is 19.1 Å². The molecule has 2 rings (SSSR count). The number of carbonyl (C=O) groups excluding carboxylic acids is 3. The molecular formula is C21H21NO6. The Labute approximate surface area is 162 Å². The van der Waals surface area contributed by atoms with E-state index in [0.29, 0.717) is 29.2 Å². The Hall–Kier alpha value is -3.61. The number of amides is 1. The Morgan fingerprint density at radius 2 is 1.75 bits per heavy atom. The number of para-hydroxylation sites is 2. The molecule has 0 aliphatic rings. The maximum atomic E-state index is 12.0. The Balaban J connectivity index is 1.84. The van der Waals surface area contributed by atoms with E-state index < -0.39 is 24.5 Å². The molecule has 0 atom stereocenters. The molecule has 0 saturated carbocycles. The fourth-order valence-corrected chi connectivity index (χ4v) is 2.23. The van der Waals surface area contributed by atoms with Crippen LogP contribution in [-0.4, -0.2) is 38.2 Å². The van der Waals surface area contributed by atoms with E-state index in [9.17, 15) is 14.4 Å². The van der Waals surface area contributed by atoms with E-state index in [1.165, 1.54) is 19.3 Å². The summed E-state index contributed by atoms with van der Waals surface area (Å²) in [4.78, 5) is 35.1. The van der Waals surface area contributed by atoms with Gasteiger partial charge in [-0.15, -0.1) is 0 Å². The SMILES string of the molecule is CCOc1ccccc1NC(=O)COC(=O)/C=C/c1ccc(C(=O)OC)cc1. The summed E-state index contributed by atoms with van der Waals surface area (Å²) in [5, 5.41) is 2.64. The third-order valence-corrected chi connectivity index (χ3v) is 3.55. The number of esters is 2. The van der Waals surface area contributed by atoms with E-state index in [-0.39, 0.29) is 0 Å². The molecule has 0 aliphatic heterocycles. The largest absolute Gasteiger partial charge is 0.492 e. The van der Waals surface area contributed by atoms with Gasteiger partial charge in [0.25, 0.3) is 5.91 Å². The second-order valence-corrected chi connectivity index (χ2v) is 5.53. The van der Waals surface area contributed by atoms with Gasteiger partial charge in [0.2, 0.25) is 0 Å². The molecule has 7 nitrogen and oxygen atoms in total. The Kier molecular flexibility index (Phi) is 7.77. The lowest BCUT2D eigenvalue weighted by Crippen LogP contribution is -2.20. The average Bonchev–Trinajstić information content (AvgIpc) is 2.72. The van der Waals surface area contributed by atoms with Gasteiger partial charge < -0.3 is 19.5 Å². The number of anilines is 1. The number of hydrogen-bond acceptors (Lipinski definition) is 6. The minimum absolute atomic E-state index is 0.409. The van der Waals surface area contributed by atoms with Crippen LogP contribution in [0.3, 0.4) is 0 Å². The van der Waals surface area contributed by atoms with Gasteiger partial charge in [-0.1, -0.05) is 24.3 Å². The van der Waals surface area contributed by atoms with Crippen LogP contribution >= 0.6 is 0 Å². The van der Waals surface area contributed by atoms with Crippen molar-refractivity contribution in [3.8, 4) is 5.75 Å². The summed E-state index contributed by atoms with van der Waals surface area (Å²) in [5.74, 6) is -1.03. The molecule has 2 aromatic rings. The molecule has 1 N–H and O–H groups in total. The van der Waals surface area contributed by atoms with Crippen LogP contribution in [0.2, 0.25) is 0 Å². The van der Waals surface area contributed by atoms with Gasteiger partial charge in [-0.25, -0.2) is 9.59 Å². The third-order valence-electron chi connectivity index (χ3n) is 3.55. The summed E-state index contributed by atoms with van der Waals surface area (Å²) >= 11 is 0. The highest BCUT2D eigenvalue weighted by molar-refractivity contribution is 5.95. The lowest BCUT2D eigenvalue weighted by molar-refractivity contribution is -0.142. The normalized spacial score (nSPS) is 10.4. The molecule has 28 heavy (non-hydrogen) atoms. The van der Waals surface area contributed by atoms with Crippen molar-refractivity contribution in [3.63, 3.8) is 0 Å². The van der Waals surface area contributed by atoms with E-state index in [0.717, 1.165) is 0 Å². The van der Waals surface area contributed by atoms with E-state index in [4.69, 9.17) is 9.47 Å². The van der Waals surface area contributed by atoms with Crippen molar-refractivity contribution in [3.05, 3.63) is 65.7 Å². The van der Waals surface area contributed by atoms with Crippen molar-refractivity contribution in [2.45, 2.75) is 6.92 Å². The Morgan fingerprint density at radius 1 is 1.04 bits per heavy atom. The van der Waals surface area contributed by atoms with Gasteiger partial charge in [0.15, 0.2) is 6.61 Å². The van der Waals surface area contributed by atoms with Crippen LogP contribution in [0.4, 0.5) is 5.69 Å². The molecule has 0 spiro atoms. The van der Waals surface area contributed by atoms with Gasteiger partial charge in [0.05, 0.1) is 25.0 Å². The van der Waals surface area contributed by atoms with Crippen LogP contribution in [0.1, 0.15) is 22.8 Å². The Morgan fingerprint density at radius 3 is 2.43 bits per heavy atom. The summed E-state index contributed by atoms with van der Waals surface area (Å²) in [5.41, 5.74) is 1.61. The van der Waals surface area contributed by atoms with E-state index >= 15 is 0 Å².